The van der Waals surface area contributed by atoms with Crippen LogP contribution in [-0.2, 0) is 19.6 Å². The third-order valence-corrected chi connectivity index (χ3v) is 6.55. The summed E-state index contributed by atoms with van der Waals surface area (Å²) in [5.41, 5.74) is 1.56. The van der Waals surface area contributed by atoms with Crippen LogP contribution >= 0.6 is 0 Å². The van der Waals surface area contributed by atoms with Crippen molar-refractivity contribution in [3.63, 3.8) is 0 Å². The van der Waals surface area contributed by atoms with Gasteiger partial charge < -0.3 is 10.2 Å². The molecule has 2 aromatic carbocycles. The predicted octanol–water partition coefficient (Wildman–Crippen LogP) is 2.41. The summed E-state index contributed by atoms with van der Waals surface area (Å²) in [6.07, 6.45) is 4.12. The normalized spacial score (nSPS) is 14.9. The van der Waals surface area contributed by atoms with Gasteiger partial charge in [-0.15, -0.1) is 0 Å². The lowest BCUT2D eigenvalue weighted by Crippen LogP contribution is -2.24. The second-order valence-corrected chi connectivity index (χ2v) is 9.05. The van der Waals surface area contributed by atoms with Gasteiger partial charge in [0.1, 0.15) is 18.7 Å². The number of nitrogens with zero attached hydrogens (tertiary/aromatic N) is 4. The molecule has 2 N–H and O–H groups in total. The van der Waals surface area contributed by atoms with Crippen LogP contribution in [-0.4, -0.2) is 41.5 Å². The molecule has 11 heteroatoms. The Morgan fingerprint density at radius 1 is 1.06 bits per heavy atom. The second kappa shape index (κ2) is 8.79. The molecule has 1 atom stereocenters. The van der Waals surface area contributed by atoms with E-state index in [1.54, 1.807) is 48.2 Å². The van der Waals surface area contributed by atoms with E-state index in [-0.39, 0.29) is 16.7 Å². The molecule has 166 valence electrons. The molecular formula is C21H22N6O4S. The number of amides is 2. The monoisotopic (exact) mass is 454 g/mol. The van der Waals surface area contributed by atoms with E-state index in [0.717, 1.165) is 6.42 Å². The Hall–Kier alpha value is -3.73. The summed E-state index contributed by atoms with van der Waals surface area (Å²) < 4.78 is 29.4. The number of rotatable bonds is 7. The molecule has 1 aliphatic rings. The molecule has 0 bridgehead atoms. The third-order valence-electron chi connectivity index (χ3n) is 5.15. The van der Waals surface area contributed by atoms with Crippen LogP contribution in [0.1, 0.15) is 25.8 Å². The van der Waals surface area contributed by atoms with Gasteiger partial charge in [-0.2, -0.15) is 5.10 Å². The molecule has 4 rings (SSSR count). The predicted molar refractivity (Wildman–Crippen MR) is 119 cm³/mol. The van der Waals surface area contributed by atoms with E-state index < -0.39 is 16.1 Å². The van der Waals surface area contributed by atoms with Crippen LogP contribution < -0.4 is 14.9 Å². The van der Waals surface area contributed by atoms with Gasteiger partial charge in [0.2, 0.25) is 11.8 Å². The molecule has 3 aromatic rings. The highest BCUT2D eigenvalue weighted by molar-refractivity contribution is 7.92. The summed E-state index contributed by atoms with van der Waals surface area (Å²) in [5.74, 6) is -0.234. The van der Waals surface area contributed by atoms with Crippen LogP contribution in [0.25, 0.3) is 0 Å². The molecule has 1 aliphatic heterocycles. The van der Waals surface area contributed by atoms with Gasteiger partial charge in [0, 0.05) is 30.0 Å². The minimum Gasteiger partial charge on any atom is -0.324 e. The van der Waals surface area contributed by atoms with Crippen molar-refractivity contribution in [2.45, 2.75) is 30.7 Å². The zero-order chi connectivity index (χ0) is 22.7. The lowest BCUT2D eigenvalue weighted by molar-refractivity contribution is -0.119. The lowest BCUT2D eigenvalue weighted by Gasteiger charge is -2.16. The van der Waals surface area contributed by atoms with Crippen molar-refractivity contribution in [3.05, 3.63) is 61.2 Å². The van der Waals surface area contributed by atoms with E-state index in [0.29, 0.717) is 30.0 Å². The van der Waals surface area contributed by atoms with Crippen molar-refractivity contribution < 1.29 is 18.0 Å². The number of hydrogen-bond donors (Lipinski definition) is 2. The Morgan fingerprint density at radius 3 is 2.34 bits per heavy atom. The number of benzene rings is 2. The van der Waals surface area contributed by atoms with E-state index in [4.69, 9.17) is 0 Å². The highest BCUT2D eigenvalue weighted by Gasteiger charge is 2.22. The fourth-order valence-electron chi connectivity index (χ4n) is 3.35. The number of aromatic nitrogens is 3. The molecule has 1 saturated heterocycles. The van der Waals surface area contributed by atoms with Gasteiger partial charge in [-0.25, -0.2) is 18.1 Å². The van der Waals surface area contributed by atoms with E-state index in [2.05, 4.69) is 20.1 Å². The summed E-state index contributed by atoms with van der Waals surface area (Å²) in [6, 6.07) is 12.0. The molecule has 1 aromatic heterocycles. The Bertz CT molecular complexity index is 1210. The minimum atomic E-state index is -3.81. The maximum atomic E-state index is 12.7. The molecule has 2 heterocycles. The summed E-state index contributed by atoms with van der Waals surface area (Å²) in [4.78, 5) is 29.7. The molecule has 0 saturated carbocycles. The summed E-state index contributed by atoms with van der Waals surface area (Å²) >= 11 is 0. The van der Waals surface area contributed by atoms with Gasteiger partial charge in [-0.3, -0.25) is 14.3 Å². The van der Waals surface area contributed by atoms with Gasteiger partial charge in [0.25, 0.3) is 10.0 Å². The first-order valence-corrected chi connectivity index (χ1v) is 11.5. The number of carbonyl (C=O) groups is 2. The van der Waals surface area contributed by atoms with Gasteiger partial charge in [-0.05, 0) is 61.9 Å². The van der Waals surface area contributed by atoms with Crippen LogP contribution in [0.5, 0.6) is 0 Å². The van der Waals surface area contributed by atoms with Crippen LogP contribution in [0, 0.1) is 0 Å². The molecule has 0 spiro atoms. The highest BCUT2D eigenvalue weighted by Crippen LogP contribution is 2.24. The van der Waals surface area contributed by atoms with Crippen LogP contribution in [0.15, 0.2) is 66.1 Å². The number of hydrogen-bond acceptors (Lipinski definition) is 6. The average Bonchev–Trinajstić information content (AvgIpc) is 3.46. The van der Waals surface area contributed by atoms with Gasteiger partial charge >= 0.3 is 0 Å². The molecule has 1 unspecified atom stereocenters. The first-order chi connectivity index (χ1) is 15.3. The first kappa shape index (κ1) is 21.5. The maximum Gasteiger partial charge on any atom is 0.261 e. The molecule has 0 aliphatic carbocycles. The molecular weight excluding hydrogens is 432 g/mol. The zero-order valence-corrected chi connectivity index (χ0v) is 18.1. The largest absolute Gasteiger partial charge is 0.324 e. The van der Waals surface area contributed by atoms with E-state index in [9.17, 15) is 18.0 Å². The Morgan fingerprint density at radius 2 is 1.75 bits per heavy atom. The molecule has 1 fully saturated rings. The topological polar surface area (TPSA) is 126 Å². The highest BCUT2D eigenvalue weighted by atomic mass is 32.2. The number of sulfonamides is 1. The van der Waals surface area contributed by atoms with Crippen molar-refractivity contribution in [2.24, 2.45) is 0 Å². The van der Waals surface area contributed by atoms with Crippen molar-refractivity contribution in [3.8, 4) is 0 Å². The summed E-state index contributed by atoms with van der Waals surface area (Å²) in [7, 11) is -3.81. The molecule has 2 amide bonds. The standard InChI is InChI=1S/C21H22N6O4S/c1-15(27-14-22-13-23-27)21(29)24-16-4-6-17(7-5-16)25-32(30,31)19-10-8-18(9-11-19)26-12-2-3-20(26)28/h4-11,13-15,25H,2-3,12H2,1H3,(H,24,29). The van der Waals surface area contributed by atoms with Crippen molar-refractivity contribution in [1.82, 2.24) is 14.8 Å². The second-order valence-electron chi connectivity index (χ2n) is 7.37. The Labute approximate surface area is 185 Å². The maximum absolute atomic E-state index is 12.7. The molecule has 0 radical (unpaired) electrons. The van der Waals surface area contributed by atoms with Crippen molar-refractivity contribution >= 4 is 38.9 Å². The third kappa shape index (κ3) is 4.62. The first-order valence-electron chi connectivity index (χ1n) is 10.0. The number of nitrogens with one attached hydrogen (secondary N) is 2. The fraction of sp³-hybridized carbons (Fsp3) is 0.238. The van der Waals surface area contributed by atoms with Crippen molar-refractivity contribution in [1.29, 1.82) is 0 Å². The lowest BCUT2D eigenvalue weighted by atomic mass is 10.2. The number of anilines is 3. The van der Waals surface area contributed by atoms with E-state index >= 15 is 0 Å². The van der Waals surface area contributed by atoms with Gasteiger partial charge in [-0.1, -0.05) is 0 Å². The minimum absolute atomic E-state index is 0.0431. The average molecular weight is 455 g/mol. The van der Waals surface area contributed by atoms with Crippen molar-refractivity contribution in [2.75, 3.05) is 21.5 Å². The van der Waals surface area contributed by atoms with E-state index in [1.807, 2.05) is 0 Å². The van der Waals surface area contributed by atoms with Crippen LogP contribution in [0.2, 0.25) is 0 Å². The zero-order valence-electron chi connectivity index (χ0n) is 17.3. The van der Waals surface area contributed by atoms with Gasteiger partial charge in [0.05, 0.1) is 4.90 Å². The van der Waals surface area contributed by atoms with Crippen LogP contribution in [0.3, 0.4) is 0 Å². The molecule has 10 nitrogen and oxygen atoms in total. The Balaban J connectivity index is 1.40. The SMILES string of the molecule is CC(C(=O)Nc1ccc(NS(=O)(=O)c2ccc(N3CCCC3=O)cc2)cc1)n1cncn1. The Kier molecular flexibility index (Phi) is 5.91. The van der Waals surface area contributed by atoms with E-state index in [1.165, 1.54) is 29.5 Å². The quantitative estimate of drug-likeness (QED) is 0.565. The summed E-state index contributed by atoms with van der Waals surface area (Å²) in [5, 5.41) is 6.69. The fourth-order valence-corrected chi connectivity index (χ4v) is 4.40. The van der Waals surface area contributed by atoms with Gasteiger partial charge in [0.15, 0.2) is 0 Å². The smallest absolute Gasteiger partial charge is 0.261 e. The summed E-state index contributed by atoms with van der Waals surface area (Å²) in [6.45, 7) is 2.33. The molecule has 32 heavy (non-hydrogen) atoms. The van der Waals surface area contributed by atoms with Crippen LogP contribution in [0.4, 0.5) is 17.1 Å². The number of carbonyl (C=O) groups excluding carboxylic acids is 2.